The van der Waals surface area contributed by atoms with E-state index < -0.39 is 0 Å². The van der Waals surface area contributed by atoms with E-state index in [1.807, 2.05) is 12.1 Å². The minimum absolute atomic E-state index is 0.555. The molecule has 162 valence electrons. The van der Waals surface area contributed by atoms with Gasteiger partial charge >= 0.3 is 0 Å². The van der Waals surface area contributed by atoms with Crippen LogP contribution in [0.25, 0.3) is 0 Å². The molecule has 0 radical (unpaired) electrons. The van der Waals surface area contributed by atoms with Gasteiger partial charge in [-0.3, -0.25) is 4.99 Å². The molecule has 0 saturated carbocycles. The lowest BCUT2D eigenvalue weighted by molar-refractivity contribution is 0.234. The second kappa shape index (κ2) is 11.6. The molecule has 30 heavy (non-hydrogen) atoms. The number of nitrogens with zero attached hydrogens (tertiary/aromatic N) is 2. The topological polar surface area (TPSA) is 62.9 Å². The molecule has 5 heteroatoms. The first-order valence-electron chi connectivity index (χ1n) is 11.3. The standard InChI is InChI=1S/C25H36N4O/c1-3-23-11-6-7-18-29(23)25(27-17-8-16-26)28-22-12-14-24(15-13-22)30-19-21-10-5-4-9-20(21)2/h4-5,9-10,12-15,23H,3,6-8,11,16-19,26H2,1-2H3,(H,27,28). The Morgan fingerprint density at radius 3 is 2.70 bits per heavy atom. The Hall–Kier alpha value is -2.53. The second-order valence-electron chi connectivity index (χ2n) is 7.96. The van der Waals surface area contributed by atoms with Crippen molar-refractivity contribution in [2.24, 2.45) is 10.7 Å². The molecule has 3 N–H and O–H groups in total. The monoisotopic (exact) mass is 408 g/mol. The summed E-state index contributed by atoms with van der Waals surface area (Å²) in [6.45, 7) is 7.44. The number of hydrogen-bond acceptors (Lipinski definition) is 3. The predicted molar refractivity (Wildman–Crippen MR) is 126 cm³/mol. The summed E-state index contributed by atoms with van der Waals surface area (Å²) in [5.41, 5.74) is 9.17. The van der Waals surface area contributed by atoms with E-state index in [1.54, 1.807) is 0 Å². The van der Waals surface area contributed by atoms with E-state index in [4.69, 9.17) is 15.5 Å². The zero-order valence-electron chi connectivity index (χ0n) is 18.4. The van der Waals surface area contributed by atoms with Crippen LogP contribution in [0, 0.1) is 6.92 Å². The number of aryl methyl sites for hydroxylation is 1. The molecule has 5 nitrogen and oxygen atoms in total. The van der Waals surface area contributed by atoms with Crippen LogP contribution in [0.1, 0.15) is 50.2 Å². The summed E-state index contributed by atoms with van der Waals surface area (Å²) in [4.78, 5) is 7.31. The van der Waals surface area contributed by atoms with Crippen molar-refractivity contribution in [3.05, 3.63) is 59.7 Å². The highest BCUT2D eigenvalue weighted by Crippen LogP contribution is 2.22. The van der Waals surface area contributed by atoms with Crippen LogP contribution in [-0.2, 0) is 6.61 Å². The van der Waals surface area contributed by atoms with Gasteiger partial charge in [-0.15, -0.1) is 0 Å². The van der Waals surface area contributed by atoms with Crippen molar-refractivity contribution < 1.29 is 4.74 Å². The number of piperidine rings is 1. The first-order valence-corrected chi connectivity index (χ1v) is 11.3. The van der Waals surface area contributed by atoms with Crippen molar-refractivity contribution in [1.29, 1.82) is 0 Å². The Bertz CT molecular complexity index is 803. The van der Waals surface area contributed by atoms with Crippen molar-refractivity contribution in [2.45, 2.75) is 58.6 Å². The maximum Gasteiger partial charge on any atom is 0.198 e. The summed E-state index contributed by atoms with van der Waals surface area (Å²) in [7, 11) is 0. The number of anilines is 1. The van der Waals surface area contributed by atoms with Gasteiger partial charge in [0.2, 0.25) is 0 Å². The normalized spacial score (nSPS) is 17.1. The molecular formula is C25H36N4O. The molecule has 0 amide bonds. The molecule has 0 aromatic heterocycles. The van der Waals surface area contributed by atoms with Gasteiger partial charge in [-0.1, -0.05) is 31.2 Å². The van der Waals surface area contributed by atoms with Crippen molar-refractivity contribution in [1.82, 2.24) is 4.90 Å². The van der Waals surface area contributed by atoms with Crippen molar-refractivity contribution in [3.63, 3.8) is 0 Å². The zero-order valence-corrected chi connectivity index (χ0v) is 18.4. The Balaban J connectivity index is 1.65. The van der Waals surface area contributed by atoms with Crippen molar-refractivity contribution in [3.8, 4) is 5.75 Å². The smallest absolute Gasteiger partial charge is 0.198 e. The third-order valence-electron chi connectivity index (χ3n) is 5.76. The molecular weight excluding hydrogens is 372 g/mol. The largest absolute Gasteiger partial charge is 0.489 e. The average Bonchev–Trinajstić information content (AvgIpc) is 2.79. The quantitative estimate of drug-likeness (QED) is 0.368. The fourth-order valence-electron chi connectivity index (χ4n) is 3.88. The molecule has 1 saturated heterocycles. The lowest BCUT2D eigenvalue weighted by atomic mass is 10.0. The number of hydrogen-bond donors (Lipinski definition) is 2. The van der Waals surface area contributed by atoms with Crippen LogP contribution in [-0.4, -0.2) is 36.5 Å². The van der Waals surface area contributed by atoms with E-state index in [1.165, 1.54) is 30.4 Å². The van der Waals surface area contributed by atoms with Crippen molar-refractivity contribution in [2.75, 3.05) is 25.0 Å². The molecule has 0 spiro atoms. The number of guanidine groups is 1. The molecule has 1 atom stereocenters. The minimum atomic E-state index is 0.555. The zero-order chi connectivity index (χ0) is 21.2. The molecule has 0 aliphatic carbocycles. The lowest BCUT2D eigenvalue weighted by Crippen LogP contribution is -2.46. The molecule has 1 heterocycles. The Morgan fingerprint density at radius 2 is 1.97 bits per heavy atom. The van der Waals surface area contributed by atoms with Gasteiger partial charge in [0.15, 0.2) is 5.96 Å². The van der Waals surface area contributed by atoms with Gasteiger partial charge in [-0.2, -0.15) is 0 Å². The van der Waals surface area contributed by atoms with Crippen LogP contribution >= 0.6 is 0 Å². The first kappa shape index (κ1) is 22.2. The molecule has 1 fully saturated rings. The minimum Gasteiger partial charge on any atom is -0.489 e. The fourth-order valence-corrected chi connectivity index (χ4v) is 3.88. The maximum absolute atomic E-state index is 5.98. The SMILES string of the molecule is CCC1CCCCN1C(=NCCCN)Nc1ccc(OCc2ccccc2C)cc1. The van der Waals surface area contributed by atoms with E-state index in [0.717, 1.165) is 43.3 Å². The summed E-state index contributed by atoms with van der Waals surface area (Å²) < 4.78 is 5.98. The van der Waals surface area contributed by atoms with E-state index in [-0.39, 0.29) is 0 Å². The van der Waals surface area contributed by atoms with E-state index in [2.05, 4.69) is 60.5 Å². The highest BCUT2D eigenvalue weighted by atomic mass is 16.5. The van der Waals surface area contributed by atoms with Gasteiger partial charge in [-0.25, -0.2) is 0 Å². The lowest BCUT2D eigenvalue weighted by Gasteiger charge is -2.37. The number of rotatable bonds is 8. The predicted octanol–water partition coefficient (Wildman–Crippen LogP) is 4.96. The number of benzene rings is 2. The van der Waals surface area contributed by atoms with Crippen LogP contribution in [0.4, 0.5) is 5.69 Å². The highest BCUT2D eigenvalue weighted by molar-refractivity contribution is 5.94. The van der Waals surface area contributed by atoms with Crippen LogP contribution in [0.2, 0.25) is 0 Å². The molecule has 0 bridgehead atoms. The third kappa shape index (κ3) is 6.23. The number of likely N-dealkylation sites (tertiary alicyclic amines) is 1. The molecule has 2 aromatic carbocycles. The van der Waals surface area contributed by atoms with E-state index in [0.29, 0.717) is 19.2 Å². The molecule has 1 unspecified atom stereocenters. The Labute approximate surface area is 181 Å². The third-order valence-corrected chi connectivity index (χ3v) is 5.76. The summed E-state index contributed by atoms with van der Waals surface area (Å²) in [6.07, 6.45) is 5.81. The number of aliphatic imine (C=N–C) groups is 1. The molecule has 1 aliphatic rings. The molecule has 3 rings (SSSR count). The second-order valence-corrected chi connectivity index (χ2v) is 7.96. The van der Waals surface area contributed by atoms with Gasteiger partial charge in [0, 0.05) is 24.8 Å². The Morgan fingerprint density at radius 1 is 1.17 bits per heavy atom. The van der Waals surface area contributed by atoms with Gasteiger partial charge in [0.25, 0.3) is 0 Å². The average molecular weight is 409 g/mol. The summed E-state index contributed by atoms with van der Waals surface area (Å²) in [5.74, 6) is 1.85. The number of nitrogens with one attached hydrogen (secondary N) is 1. The maximum atomic E-state index is 5.98. The van der Waals surface area contributed by atoms with Crippen LogP contribution < -0.4 is 15.8 Å². The summed E-state index contributed by atoms with van der Waals surface area (Å²) in [5, 5.41) is 3.56. The van der Waals surface area contributed by atoms with E-state index >= 15 is 0 Å². The van der Waals surface area contributed by atoms with Crippen LogP contribution in [0.3, 0.4) is 0 Å². The Kier molecular flexibility index (Phi) is 8.57. The summed E-state index contributed by atoms with van der Waals surface area (Å²) in [6, 6.07) is 17.1. The number of ether oxygens (including phenoxy) is 1. The first-order chi connectivity index (χ1) is 14.7. The van der Waals surface area contributed by atoms with Gasteiger partial charge < -0.3 is 20.7 Å². The van der Waals surface area contributed by atoms with Crippen LogP contribution in [0.15, 0.2) is 53.5 Å². The van der Waals surface area contributed by atoms with E-state index in [9.17, 15) is 0 Å². The van der Waals surface area contributed by atoms with Gasteiger partial charge in [0.05, 0.1) is 0 Å². The molecule has 1 aliphatic heterocycles. The van der Waals surface area contributed by atoms with Gasteiger partial charge in [-0.05, 0) is 81.0 Å². The molecule has 2 aromatic rings. The van der Waals surface area contributed by atoms with Gasteiger partial charge in [0.1, 0.15) is 12.4 Å². The number of nitrogens with two attached hydrogens (primary N) is 1. The van der Waals surface area contributed by atoms with Crippen LogP contribution in [0.5, 0.6) is 5.75 Å². The summed E-state index contributed by atoms with van der Waals surface area (Å²) >= 11 is 0. The highest BCUT2D eigenvalue weighted by Gasteiger charge is 2.24. The fraction of sp³-hybridized carbons (Fsp3) is 0.480. The van der Waals surface area contributed by atoms with Crippen molar-refractivity contribution >= 4 is 11.6 Å².